The summed E-state index contributed by atoms with van der Waals surface area (Å²) in [4.78, 5) is 9.60. The molecule has 0 bridgehead atoms. The third-order valence-corrected chi connectivity index (χ3v) is 7.27. The number of para-hydroxylation sites is 2. The minimum absolute atomic E-state index is 0.374. The lowest BCUT2D eigenvalue weighted by Gasteiger charge is -2.15. The normalized spacial score (nSPS) is 12.3. The van der Waals surface area contributed by atoms with Crippen molar-refractivity contribution >= 4 is 43.6 Å². The number of fused-ring (bicyclic) bond motifs is 6. The fourth-order valence-corrected chi connectivity index (χ4v) is 5.75. The summed E-state index contributed by atoms with van der Waals surface area (Å²) in [6.07, 6.45) is 4.96. The number of benzene rings is 2. The molecule has 6 aromatic rings. The number of aromatic nitrogens is 4. The maximum absolute atomic E-state index is 4.80. The molecule has 0 unspecified atom stereocenters. The quantitative estimate of drug-likeness (QED) is 0.252. The van der Waals surface area contributed by atoms with Crippen LogP contribution < -0.4 is 0 Å². The van der Waals surface area contributed by atoms with Gasteiger partial charge in [-0.1, -0.05) is 64.1 Å². The van der Waals surface area contributed by atoms with Crippen LogP contribution in [-0.2, 0) is 13.1 Å². The van der Waals surface area contributed by atoms with Crippen LogP contribution in [0, 0.1) is 0 Å². The third-order valence-electron chi connectivity index (χ3n) is 7.27. The van der Waals surface area contributed by atoms with Crippen LogP contribution in [0.25, 0.3) is 43.6 Å². The molecule has 0 aliphatic carbocycles. The molecule has 0 N–H and O–H groups in total. The number of rotatable bonds is 6. The highest BCUT2D eigenvalue weighted by atomic mass is 15.0. The maximum Gasteiger partial charge on any atom is 0.0713 e. The molecule has 4 heterocycles. The first kappa shape index (κ1) is 21.8. The summed E-state index contributed by atoms with van der Waals surface area (Å²) in [5.74, 6) is 0.748. The van der Waals surface area contributed by atoms with Gasteiger partial charge < -0.3 is 9.13 Å². The van der Waals surface area contributed by atoms with E-state index in [1.54, 1.807) is 0 Å². The second kappa shape index (κ2) is 8.53. The van der Waals surface area contributed by atoms with E-state index in [9.17, 15) is 0 Å². The highest BCUT2D eigenvalue weighted by Gasteiger charge is 2.18. The summed E-state index contributed by atoms with van der Waals surface area (Å²) in [5, 5.41) is 5.25. The molecule has 0 aliphatic rings. The van der Waals surface area contributed by atoms with E-state index in [-0.39, 0.29) is 0 Å². The van der Waals surface area contributed by atoms with Crippen LogP contribution in [0.5, 0.6) is 0 Å². The Morgan fingerprint density at radius 1 is 0.571 bits per heavy atom. The van der Waals surface area contributed by atoms with Crippen LogP contribution in [0.2, 0.25) is 0 Å². The van der Waals surface area contributed by atoms with Gasteiger partial charge in [0.2, 0.25) is 0 Å². The minimum atomic E-state index is 0.374. The first-order valence-electron chi connectivity index (χ1n) is 12.8. The molecular weight excluding hydrogens is 428 g/mol. The molecular formula is C31H32N4. The van der Waals surface area contributed by atoms with Crippen molar-refractivity contribution in [3.8, 4) is 0 Å². The molecule has 35 heavy (non-hydrogen) atoms. The Balaban J connectivity index is 1.46. The van der Waals surface area contributed by atoms with Gasteiger partial charge in [0.25, 0.3) is 0 Å². The van der Waals surface area contributed by atoms with Crippen molar-refractivity contribution in [3.63, 3.8) is 0 Å². The first-order valence-corrected chi connectivity index (χ1v) is 12.8. The Hall–Kier alpha value is -3.66. The summed E-state index contributed by atoms with van der Waals surface area (Å²) in [7, 11) is 0. The average molecular weight is 461 g/mol. The zero-order valence-electron chi connectivity index (χ0n) is 21.0. The zero-order chi connectivity index (χ0) is 24.1. The summed E-state index contributed by atoms with van der Waals surface area (Å²) >= 11 is 0. The number of hydrogen-bond acceptors (Lipinski definition) is 2. The van der Waals surface area contributed by atoms with E-state index in [0.29, 0.717) is 11.8 Å². The second-order valence-electron chi connectivity index (χ2n) is 10.2. The fraction of sp³-hybridized carbons (Fsp3) is 0.290. The molecule has 0 fully saturated rings. The van der Waals surface area contributed by atoms with Gasteiger partial charge in [0.15, 0.2) is 0 Å². The molecule has 2 aromatic carbocycles. The summed E-state index contributed by atoms with van der Waals surface area (Å²) < 4.78 is 5.00. The van der Waals surface area contributed by atoms with Crippen LogP contribution in [0.4, 0.5) is 0 Å². The molecule has 0 saturated carbocycles. The lowest BCUT2D eigenvalue weighted by Crippen LogP contribution is -2.07. The predicted octanol–water partition coefficient (Wildman–Crippen LogP) is 8.03. The SMILES string of the molecule is CC(C)c1nccc2c3ccccc3n(CCCn3c4ccccc4c4ccnc(C(C)C)c43)c12. The Morgan fingerprint density at radius 2 is 1.00 bits per heavy atom. The molecule has 0 amide bonds. The molecule has 4 heteroatoms. The van der Waals surface area contributed by atoms with Crippen LogP contribution in [-0.4, -0.2) is 19.1 Å². The molecule has 4 aromatic heterocycles. The van der Waals surface area contributed by atoms with E-state index in [1.807, 2.05) is 12.4 Å². The molecule has 0 atom stereocenters. The Morgan fingerprint density at radius 3 is 1.43 bits per heavy atom. The van der Waals surface area contributed by atoms with Gasteiger partial charge in [-0.3, -0.25) is 9.97 Å². The fourth-order valence-electron chi connectivity index (χ4n) is 5.75. The van der Waals surface area contributed by atoms with E-state index in [4.69, 9.17) is 9.97 Å². The monoisotopic (exact) mass is 460 g/mol. The van der Waals surface area contributed by atoms with Gasteiger partial charge in [-0.2, -0.15) is 0 Å². The number of hydrogen-bond donors (Lipinski definition) is 0. The van der Waals surface area contributed by atoms with Crippen LogP contribution in [0.15, 0.2) is 73.1 Å². The number of aryl methyl sites for hydroxylation is 2. The van der Waals surface area contributed by atoms with Gasteiger partial charge in [0, 0.05) is 58.1 Å². The van der Waals surface area contributed by atoms with E-state index < -0.39 is 0 Å². The molecule has 0 spiro atoms. The third kappa shape index (κ3) is 3.43. The van der Waals surface area contributed by atoms with Gasteiger partial charge in [-0.25, -0.2) is 0 Å². The molecule has 4 nitrogen and oxygen atoms in total. The van der Waals surface area contributed by atoms with Crippen molar-refractivity contribution in [2.75, 3.05) is 0 Å². The van der Waals surface area contributed by atoms with Crippen LogP contribution in [0.3, 0.4) is 0 Å². The predicted molar refractivity (Wildman–Crippen MR) is 147 cm³/mol. The summed E-state index contributed by atoms with van der Waals surface area (Å²) in [6, 6.07) is 21.9. The van der Waals surface area contributed by atoms with Crippen molar-refractivity contribution in [3.05, 3.63) is 84.4 Å². The van der Waals surface area contributed by atoms with Crippen LogP contribution >= 0.6 is 0 Å². The number of pyridine rings is 2. The lowest BCUT2D eigenvalue weighted by atomic mass is 10.1. The van der Waals surface area contributed by atoms with Gasteiger partial charge in [0.05, 0.1) is 22.4 Å². The largest absolute Gasteiger partial charge is 0.339 e. The van der Waals surface area contributed by atoms with E-state index >= 15 is 0 Å². The smallest absolute Gasteiger partial charge is 0.0713 e. The zero-order valence-corrected chi connectivity index (χ0v) is 21.0. The Bertz CT molecular complexity index is 1560. The molecule has 0 aliphatic heterocycles. The summed E-state index contributed by atoms with van der Waals surface area (Å²) in [6.45, 7) is 10.8. The van der Waals surface area contributed by atoms with Crippen molar-refractivity contribution in [2.45, 2.75) is 59.0 Å². The van der Waals surface area contributed by atoms with E-state index in [1.165, 1.54) is 55.0 Å². The van der Waals surface area contributed by atoms with Gasteiger partial charge in [-0.15, -0.1) is 0 Å². The Kier molecular flexibility index (Phi) is 5.32. The van der Waals surface area contributed by atoms with Crippen molar-refractivity contribution < 1.29 is 0 Å². The minimum Gasteiger partial charge on any atom is -0.339 e. The highest BCUT2D eigenvalue weighted by Crippen LogP contribution is 2.35. The molecule has 0 saturated heterocycles. The van der Waals surface area contributed by atoms with Gasteiger partial charge >= 0.3 is 0 Å². The first-order chi connectivity index (χ1) is 17.1. The number of nitrogens with zero attached hydrogens (tertiary/aromatic N) is 4. The molecule has 0 radical (unpaired) electrons. The second-order valence-corrected chi connectivity index (χ2v) is 10.2. The van der Waals surface area contributed by atoms with Crippen molar-refractivity contribution in [1.82, 2.24) is 19.1 Å². The van der Waals surface area contributed by atoms with Gasteiger partial charge in [0.1, 0.15) is 0 Å². The average Bonchev–Trinajstić information content (AvgIpc) is 3.37. The van der Waals surface area contributed by atoms with Crippen molar-refractivity contribution in [1.29, 1.82) is 0 Å². The molecule has 6 rings (SSSR count). The molecule has 176 valence electrons. The van der Waals surface area contributed by atoms with Crippen LogP contribution in [0.1, 0.15) is 57.3 Å². The topological polar surface area (TPSA) is 35.6 Å². The van der Waals surface area contributed by atoms with Crippen molar-refractivity contribution in [2.24, 2.45) is 0 Å². The maximum atomic E-state index is 4.80. The van der Waals surface area contributed by atoms with Gasteiger partial charge in [-0.05, 0) is 42.5 Å². The Labute approximate surface area is 206 Å². The summed E-state index contributed by atoms with van der Waals surface area (Å²) in [5.41, 5.74) is 7.53. The van der Waals surface area contributed by atoms with E-state index in [2.05, 4.69) is 97.5 Å². The van der Waals surface area contributed by atoms with E-state index in [0.717, 1.165) is 19.5 Å². The standard InChI is InChI=1S/C31H32N4/c1-20(2)28-30-24(14-16-32-28)22-10-5-7-12-26(22)34(30)18-9-19-35-27-13-8-6-11-23(27)25-15-17-33-29(21(3)4)31(25)35/h5-8,10-17,20-21H,9,18-19H2,1-4H3. The lowest BCUT2D eigenvalue weighted by molar-refractivity contribution is 0.598. The highest BCUT2D eigenvalue weighted by molar-refractivity contribution is 6.09.